The smallest absolute Gasteiger partial charge is 0.274 e. The number of benzene rings is 1. The van der Waals surface area contributed by atoms with Gasteiger partial charge in [0, 0.05) is 11.8 Å². The van der Waals surface area contributed by atoms with Crippen molar-refractivity contribution >= 4 is 23.2 Å². The second-order valence-electron chi connectivity index (χ2n) is 3.69. The van der Waals surface area contributed by atoms with Gasteiger partial charge in [-0.15, -0.1) is 0 Å². The lowest BCUT2D eigenvalue weighted by Gasteiger charge is -2.07. The SMILES string of the molecule is COc1ccc(NC(=O)c2cccc(Cl)n2)cc1O. The van der Waals surface area contributed by atoms with E-state index in [1.807, 2.05) is 0 Å². The van der Waals surface area contributed by atoms with Crippen LogP contribution in [0.5, 0.6) is 11.5 Å². The van der Waals surface area contributed by atoms with Crippen molar-refractivity contribution in [2.75, 3.05) is 12.4 Å². The molecule has 0 bridgehead atoms. The molecule has 1 heterocycles. The number of halogens is 1. The first-order valence-electron chi connectivity index (χ1n) is 5.41. The first-order chi connectivity index (χ1) is 9.10. The monoisotopic (exact) mass is 278 g/mol. The zero-order valence-electron chi connectivity index (χ0n) is 10.1. The summed E-state index contributed by atoms with van der Waals surface area (Å²) in [6.07, 6.45) is 0. The molecular formula is C13H11ClN2O3. The minimum atomic E-state index is -0.410. The largest absolute Gasteiger partial charge is 0.504 e. The summed E-state index contributed by atoms with van der Waals surface area (Å²) in [7, 11) is 1.45. The Morgan fingerprint density at radius 2 is 2.16 bits per heavy atom. The number of aromatic hydroxyl groups is 1. The van der Waals surface area contributed by atoms with Crippen molar-refractivity contribution in [1.29, 1.82) is 0 Å². The Balaban J connectivity index is 2.17. The topological polar surface area (TPSA) is 71.5 Å². The molecule has 1 amide bonds. The number of nitrogens with one attached hydrogen (secondary N) is 1. The van der Waals surface area contributed by atoms with Gasteiger partial charge < -0.3 is 15.2 Å². The maximum Gasteiger partial charge on any atom is 0.274 e. The molecule has 2 N–H and O–H groups in total. The van der Waals surface area contributed by atoms with Gasteiger partial charge >= 0.3 is 0 Å². The van der Waals surface area contributed by atoms with Gasteiger partial charge in [0.25, 0.3) is 5.91 Å². The summed E-state index contributed by atoms with van der Waals surface area (Å²) >= 11 is 5.71. The van der Waals surface area contributed by atoms with E-state index in [1.54, 1.807) is 30.3 Å². The summed E-state index contributed by atoms with van der Waals surface area (Å²) in [5, 5.41) is 12.4. The van der Waals surface area contributed by atoms with Gasteiger partial charge in [-0.2, -0.15) is 0 Å². The molecule has 1 aromatic heterocycles. The summed E-state index contributed by atoms with van der Waals surface area (Å²) in [6.45, 7) is 0. The first-order valence-corrected chi connectivity index (χ1v) is 5.79. The average molecular weight is 279 g/mol. The number of pyridine rings is 1. The second kappa shape index (κ2) is 5.58. The third kappa shape index (κ3) is 3.14. The molecule has 6 heteroatoms. The zero-order chi connectivity index (χ0) is 13.8. The van der Waals surface area contributed by atoms with Gasteiger partial charge in [-0.05, 0) is 24.3 Å². The van der Waals surface area contributed by atoms with E-state index < -0.39 is 5.91 Å². The van der Waals surface area contributed by atoms with Gasteiger partial charge in [-0.25, -0.2) is 4.98 Å². The maximum absolute atomic E-state index is 11.9. The van der Waals surface area contributed by atoms with E-state index >= 15 is 0 Å². The summed E-state index contributed by atoms with van der Waals surface area (Å²) in [4.78, 5) is 15.8. The number of ether oxygens (including phenoxy) is 1. The Bertz CT molecular complexity index is 617. The minimum absolute atomic E-state index is 0.0562. The number of methoxy groups -OCH3 is 1. The third-order valence-corrected chi connectivity index (χ3v) is 2.59. The number of phenols is 1. The number of phenolic OH excluding ortho intramolecular Hbond substituents is 1. The Labute approximate surface area is 114 Å². The molecule has 0 radical (unpaired) electrons. The van der Waals surface area contributed by atoms with Gasteiger partial charge in [0.15, 0.2) is 11.5 Å². The fourth-order valence-electron chi connectivity index (χ4n) is 1.50. The highest BCUT2D eigenvalue weighted by atomic mass is 35.5. The number of aromatic nitrogens is 1. The predicted molar refractivity (Wildman–Crippen MR) is 71.9 cm³/mol. The number of hydrogen-bond donors (Lipinski definition) is 2. The van der Waals surface area contributed by atoms with Crippen molar-refractivity contribution in [2.45, 2.75) is 0 Å². The number of carbonyl (C=O) groups is 1. The molecule has 2 rings (SSSR count). The van der Waals surface area contributed by atoms with Crippen LogP contribution in [0, 0.1) is 0 Å². The van der Waals surface area contributed by atoms with Crippen LogP contribution in [0.3, 0.4) is 0 Å². The van der Waals surface area contributed by atoms with E-state index in [-0.39, 0.29) is 16.6 Å². The molecule has 0 aliphatic heterocycles. The third-order valence-electron chi connectivity index (χ3n) is 2.38. The molecule has 0 fully saturated rings. The maximum atomic E-state index is 11.9. The van der Waals surface area contributed by atoms with Crippen LogP contribution in [-0.2, 0) is 0 Å². The van der Waals surface area contributed by atoms with Crippen LogP contribution in [0.1, 0.15) is 10.5 Å². The lowest BCUT2D eigenvalue weighted by atomic mass is 10.2. The van der Waals surface area contributed by atoms with Crippen LogP contribution >= 0.6 is 11.6 Å². The van der Waals surface area contributed by atoms with Gasteiger partial charge in [0.1, 0.15) is 10.8 Å². The van der Waals surface area contributed by atoms with Crippen LogP contribution < -0.4 is 10.1 Å². The Morgan fingerprint density at radius 1 is 1.37 bits per heavy atom. The van der Waals surface area contributed by atoms with Crippen LogP contribution in [0.25, 0.3) is 0 Å². The number of anilines is 1. The van der Waals surface area contributed by atoms with Gasteiger partial charge in [-0.1, -0.05) is 17.7 Å². The number of amides is 1. The van der Waals surface area contributed by atoms with Crippen molar-refractivity contribution < 1.29 is 14.6 Å². The number of carbonyl (C=O) groups excluding carboxylic acids is 1. The molecule has 0 atom stereocenters. The highest BCUT2D eigenvalue weighted by molar-refractivity contribution is 6.29. The molecule has 0 saturated heterocycles. The summed E-state index contributed by atoms with van der Waals surface area (Å²) in [6, 6.07) is 9.32. The number of hydrogen-bond acceptors (Lipinski definition) is 4. The van der Waals surface area contributed by atoms with E-state index in [4.69, 9.17) is 16.3 Å². The molecule has 98 valence electrons. The molecule has 0 spiro atoms. The van der Waals surface area contributed by atoms with Crippen molar-refractivity contribution in [2.24, 2.45) is 0 Å². The van der Waals surface area contributed by atoms with Crippen LogP contribution in [-0.4, -0.2) is 23.1 Å². The molecule has 2 aromatic rings. The summed E-state index contributed by atoms with van der Waals surface area (Å²) in [5.74, 6) is -0.134. The van der Waals surface area contributed by atoms with Crippen LogP contribution in [0.4, 0.5) is 5.69 Å². The van der Waals surface area contributed by atoms with Gasteiger partial charge in [-0.3, -0.25) is 4.79 Å². The van der Waals surface area contributed by atoms with Crippen molar-refractivity contribution in [1.82, 2.24) is 4.98 Å². The van der Waals surface area contributed by atoms with Crippen molar-refractivity contribution in [3.63, 3.8) is 0 Å². The molecule has 0 aliphatic rings. The second-order valence-corrected chi connectivity index (χ2v) is 4.07. The van der Waals surface area contributed by atoms with E-state index in [0.29, 0.717) is 11.4 Å². The van der Waals surface area contributed by atoms with E-state index in [9.17, 15) is 9.90 Å². The molecular weight excluding hydrogens is 268 g/mol. The lowest BCUT2D eigenvalue weighted by molar-refractivity contribution is 0.102. The molecule has 19 heavy (non-hydrogen) atoms. The molecule has 0 saturated carbocycles. The van der Waals surface area contributed by atoms with Crippen LogP contribution in [0.2, 0.25) is 5.15 Å². The highest BCUT2D eigenvalue weighted by Gasteiger charge is 2.09. The standard InChI is InChI=1S/C13H11ClN2O3/c1-19-11-6-5-8(7-10(11)17)15-13(18)9-3-2-4-12(14)16-9/h2-7,17H,1H3,(H,15,18). The fraction of sp³-hybridized carbons (Fsp3) is 0.0769. The zero-order valence-corrected chi connectivity index (χ0v) is 10.8. The van der Waals surface area contributed by atoms with E-state index in [2.05, 4.69) is 10.3 Å². The lowest BCUT2D eigenvalue weighted by Crippen LogP contribution is -2.13. The van der Waals surface area contributed by atoms with Crippen molar-refractivity contribution in [3.05, 3.63) is 47.2 Å². The van der Waals surface area contributed by atoms with Crippen LogP contribution in [0.15, 0.2) is 36.4 Å². The summed E-state index contributed by atoms with van der Waals surface area (Å²) < 4.78 is 4.91. The normalized spacial score (nSPS) is 10.0. The molecule has 0 aliphatic carbocycles. The van der Waals surface area contributed by atoms with Gasteiger partial charge in [0.05, 0.1) is 7.11 Å². The first kappa shape index (κ1) is 13.2. The molecule has 1 aromatic carbocycles. The van der Waals surface area contributed by atoms with Gasteiger partial charge in [0.2, 0.25) is 0 Å². The quantitative estimate of drug-likeness (QED) is 0.847. The Hall–Kier alpha value is -2.27. The fourth-order valence-corrected chi connectivity index (χ4v) is 1.66. The molecule has 0 unspecified atom stereocenters. The Kier molecular flexibility index (Phi) is 3.87. The Morgan fingerprint density at radius 3 is 2.79 bits per heavy atom. The van der Waals surface area contributed by atoms with E-state index in [1.165, 1.54) is 13.2 Å². The molecule has 5 nitrogen and oxygen atoms in total. The number of nitrogens with zero attached hydrogens (tertiary/aromatic N) is 1. The highest BCUT2D eigenvalue weighted by Crippen LogP contribution is 2.28. The number of rotatable bonds is 3. The predicted octanol–water partition coefficient (Wildman–Crippen LogP) is 2.70. The summed E-state index contributed by atoms with van der Waals surface area (Å²) in [5.41, 5.74) is 0.632. The average Bonchev–Trinajstić information content (AvgIpc) is 2.39. The van der Waals surface area contributed by atoms with Crippen molar-refractivity contribution in [3.8, 4) is 11.5 Å². The van der Waals surface area contributed by atoms with E-state index in [0.717, 1.165) is 0 Å². The minimum Gasteiger partial charge on any atom is -0.504 e.